The number of amides is 2. The van der Waals surface area contributed by atoms with E-state index in [1.165, 1.54) is 5.56 Å². The molecule has 0 saturated carbocycles. The Morgan fingerprint density at radius 3 is 2.60 bits per heavy atom. The Balaban J connectivity index is 1.24. The molecule has 0 radical (unpaired) electrons. The maximum atomic E-state index is 13.3. The van der Waals surface area contributed by atoms with E-state index >= 15 is 0 Å². The lowest BCUT2D eigenvalue weighted by molar-refractivity contribution is -0.138. The predicted octanol–water partition coefficient (Wildman–Crippen LogP) is 1.89. The molecular weight excluding hydrogens is 378 g/mol. The highest BCUT2D eigenvalue weighted by Crippen LogP contribution is 2.36. The van der Waals surface area contributed by atoms with Crippen LogP contribution in [0.1, 0.15) is 30.0 Å². The van der Waals surface area contributed by atoms with Gasteiger partial charge in [-0.2, -0.15) is 0 Å². The Kier molecular flexibility index (Phi) is 4.93. The summed E-state index contributed by atoms with van der Waals surface area (Å²) in [7, 11) is 0. The first-order valence-electron chi connectivity index (χ1n) is 10.9. The molecule has 3 unspecified atom stereocenters. The van der Waals surface area contributed by atoms with E-state index in [2.05, 4.69) is 12.1 Å². The molecule has 0 spiro atoms. The van der Waals surface area contributed by atoms with Crippen LogP contribution >= 0.6 is 0 Å². The molecule has 4 heterocycles. The second kappa shape index (κ2) is 7.74. The summed E-state index contributed by atoms with van der Waals surface area (Å²) in [5.74, 6) is 0.462. The number of benzene rings is 1. The van der Waals surface area contributed by atoms with E-state index in [9.17, 15) is 14.4 Å². The van der Waals surface area contributed by atoms with Crippen LogP contribution in [-0.2, 0) is 22.6 Å². The van der Waals surface area contributed by atoms with Gasteiger partial charge in [-0.25, -0.2) is 0 Å². The van der Waals surface area contributed by atoms with Crippen molar-refractivity contribution in [3.8, 4) is 0 Å². The number of rotatable bonds is 4. The number of hydrogen-bond donors (Lipinski definition) is 0. The number of piperidine rings is 1. The Morgan fingerprint density at radius 1 is 0.933 bits per heavy atom. The molecule has 3 atom stereocenters. The van der Waals surface area contributed by atoms with Gasteiger partial charge < -0.3 is 14.4 Å². The summed E-state index contributed by atoms with van der Waals surface area (Å²) in [5.41, 5.74) is 2.30. The highest BCUT2D eigenvalue weighted by atomic mass is 16.2. The van der Waals surface area contributed by atoms with Crippen LogP contribution < -0.4 is 5.56 Å². The molecule has 30 heavy (non-hydrogen) atoms. The Labute approximate surface area is 176 Å². The van der Waals surface area contributed by atoms with Gasteiger partial charge in [0.2, 0.25) is 11.8 Å². The second-order valence-corrected chi connectivity index (χ2v) is 8.92. The van der Waals surface area contributed by atoms with E-state index in [0.717, 1.165) is 18.5 Å². The lowest BCUT2D eigenvalue weighted by Gasteiger charge is -2.43. The minimum absolute atomic E-state index is 0.0532. The summed E-state index contributed by atoms with van der Waals surface area (Å²) < 4.78 is 1.88. The molecule has 6 nitrogen and oxygen atoms in total. The number of nitrogens with zero attached hydrogens (tertiary/aromatic N) is 3. The van der Waals surface area contributed by atoms with Crippen molar-refractivity contribution in [2.45, 2.75) is 31.7 Å². The van der Waals surface area contributed by atoms with Crippen LogP contribution in [-0.4, -0.2) is 52.4 Å². The van der Waals surface area contributed by atoms with Gasteiger partial charge in [0.05, 0.1) is 5.92 Å². The lowest BCUT2D eigenvalue weighted by Crippen LogP contribution is -2.50. The molecule has 6 heteroatoms. The van der Waals surface area contributed by atoms with Gasteiger partial charge in [-0.05, 0) is 30.4 Å². The second-order valence-electron chi connectivity index (χ2n) is 8.92. The van der Waals surface area contributed by atoms with Gasteiger partial charge in [-0.1, -0.05) is 36.4 Å². The topological polar surface area (TPSA) is 62.6 Å². The van der Waals surface area contributed by atoms with Gasteiger partial charge >= 0.3 is 0 Å². The average molecular weight is 405 g/mol. The van der Waals surface area contributed by atoms with Crippen LogP contribution in [0.25, 0.3) is 0 Å². The van der Waals surface area contributed by atoms with E-state index in [4.69, 9.17) is 0 Å². The normalized spacial score (nSPS) is 25.3. The molecule has 3 aliphatic rings. The minimum Gasteiger partial charge on any atom is -0.342 e. The van der Waals surface area contributed by atoms with E-state index in [-0.39, 0.29) is 29.2 Å². The zero-order valence-electron chi connectivity index (χ0n) is 17.1. The Bertz CT molecular complexity index is 1020. The molecule has 5 rings (SSSR count). The number of hydrogen-bond acceptors (Lipinski definition) is 3. The van der Waals surface area contributed by atoms with Crippen LogP contribution in [0.2, 0.25) is 0 Å². The van der Waals surface area contributed by atoms with Crippen molar-refractivity contribution >= 4 is 11.8 Å². The van der Waals surface area contributed by atoms with Crippen molar-refractivity contribution in [3.05, 3.63) is 70.1 Å². The average Bonchev–Trinajstić information content (AvgIpc) is 3.13. The van der Waals surface area contributed by atoms with Crippen molar-refractivity contribution < 1.29 is 9.59 Å². The largest absolute Gasteiger partial charge is 0.342 e. The molecule has 2 saturated heterocycles. The summed E-state index contributed by atoms with van der Waals surface area (Å²) in [6.45, 7) is 3.20. The third-order valence-corrected chi connectivity index (χ3v) is 6.87. The molecule has 1 aromatic heterocycles. The number of carbonyl (C=O) groups excluding carboxylic acids is 2. The summed E-state index contributed by atoms with van der Waals surface area (Å²) in [6, 6.07) is 15.6. The first kappa shape index (κ1) is 19.1. The molecule has 156 valence electrons. The summed E-state index contributed by atoms with van der Waals surface area (Å²) in [6.07, 6.45) is 2.16. The maximum absolute atomic E-state index is 13.3. The lowest BCUT2D eigenvalue weighted by atomic mass is 9.82. The molecule has 2 fully saturated rings. The number of fused-ring (bicyclic) bond motifs is 4. The fourth-order valence-electron chi connectivity index (χ4n) is 5.40. The Hall–Kier alpha value is -2.89. The molecule has 2 bridgehead atoms. The van der Waals surface area contributed by atoms with Crippen molar-refractivity contribution in [1.29, 1.82) is 0 Å². The molecule has 1 aromatic carbocycles. The SMILES string of the molecule is O=C1CC(C(=O)N2CC3CC(C2)c2cccc(=O)n2C3)CN1CCc1ccccc1. The number of pyridine rings is 1. The quantitative estimate of drug-likeness (QED) is 0.780. The molecule has 3 aliphatic heterocycles. The van der Waals surface area contributed by atoms with E-state index in [0.29, 0.717) is 45.1 Å². The number of likely N-dealkylation sites (tertiary alicyclic amines) is 2. The van der Waals surface area contributed by atoms with Crippen molar-refractivity contribution in [1.82, 2.24) is 14.4 Å². The zero-order chi connectivity index (χ0) is 20.7. The van der Waals surface area contributed by atoms with Crippen LogP contribution in [0.5, 0.6) is 0 Å². The van der Waals surface area contributed by atoms with Crippen molar-refractivity contribution in [2.24, 2.45) is 11.8 Å². The first-order valence-corrected chi connectivity index (χ1v) is 10.9. The summed E-state index contributed by atoms with van der Waals surface area (Å²) in [5, 5.41) is 0. The smallest absolute Gasteiger partial charge is 0.250 e. The van der Waals surface area contributed by atoms with Crippen LogP contribution in [0, 0.1) is 11.8 Å². The predicted molar refractivity (Wildman–Crippen MR) is 113 cm³/mol. The number of aromatic nitrogens is 1. The molecule has 0 N–H and O–H groups in total. The first-order chi connectivity index (χ1) is 14.6. The van der Waals surface area contributed by atoms with Crippen molar-refractivity contribution in [2.75, 3.05) is 26.2 Å². The molecule has 0 aliphatic carbocycles. The van der Waals surface area contributed by atoms with Gasteiger partial charge in [0.25, 0.3) is 5.56 Å². The number of carbonyl (C=O) groups is 2. The summed E-state index contributed by atoms with van der Waals surface area (Å²) >= 11 is 0. The fourth-order valence-corrected chi connectivity index (χ4v) is 5.40. The third-order valence-electron chi connectivity index (χ3n) is 6.87. The highest BCUT2D eigenvalue weighted by molar-refractivity contribution is 5.89. The van der Waals surface area contributed by atoms with Gasteiger partial charge in [-0.15, -0.1) is 0 Å². The van der Waals surface area contributed by atoms with Crippen LogP contribution in [0.3, 0.4) is 0 Å². The zero-order valence-corrected chi connectivity index (χ0v) is 17.1. The van der Waals surface area contributed by atoms with Crippen LogP contribution in [0.4, 0.5) is 0 Å². The van der Waals surface area contributed by atoms with E-state index < -0.39 is 0 Å². The van der Waals surface area contributed by atoms with Gasteiger partial charge in [-0.3, -0.25) is 14.4 Å². The monoisotopic (exact) mass is 405 g/mol. The maximum Gasteiger partial charge on any atom is 0.250 e. The summed E-state index contributed by atoms with van der Waals surface area (Å²) in [4.78, 5) is 41.8. The Morgan fingerprint density at radius 2 is 1.77 bits per heavy atom. The van der Waals surface area contributed by atoms with E-state index in [1.54, 1.807) is 6.07 Å². The minimum atomic E-state index is -0.245. The van der Waals surface area contributed by atoms with Crippen molar-refractivity contribution in [3.63, 3.8) is 0 Å². The molecule has 2 aromatic rings. The standard InChI is InChI=1S/C24H27N3O3/c28-22-8-4-7-21-19-11-18(14-27(21)22)13-26(15-19)24(30)20-12-23(29)25(16-20)10-9-17-5-2-1-3-6-17/h1-8,18-20H,9-16H2. The molecule has 2 amide bonds. The third kappa shape index (κ3) is 3.55. The van der Waals surface area contributed by atoms with Gasteiger partial charge in [0.15, 0.2) is 0 Å². The van der Waals surface area contributed by atoms with Gasteiger partial charge in [0.1, 0.15) is 0 Å². The van der Waals surface area contributed by atoms with E-state index in [1.807, 2.05) is 44.7 Å². The highest BCUT2D eigenvalue weighted by Gasteiger charge is 2.41. The van der Waals surface area contributed by atoms with Gasteiger partial charge in [0, 0.05) is 56.8 Å². The van der Waals surface area contributed by atoms with Crippen LogP contribution in [0.15, 0.2) is 53.3 Å². The fraction of sp³-hybridized carbons (Fsp3) is 0.458. The molecular formula is C24H27N3O3.